The van der Waals surface area contributed by atoms with Crippen molar-refractivity contribution in [3.05, 3.63) is 22.4 Å². The number of aliphatic hydroxyl groups excluding tert-OH is 4. The summed E-state index contributed by atoms with van der Waals surface area (Å²) in [4.78, 5) is 1.37. The molecule has 7 heteroatoms. The van der Waals surface area contributed by atoms with E-state index in [0.29, 0.717) is 6.61 Å². The third-order valence-electron chi connectivity index (χ3n) is 3.78. The molecule has 0 aromatic carbocycles. The SMILES string of the molecule is OC[C@H]1O[C@H](OCCCCCc2cccs2)[C@H](O)[C@@H](O)[C@H]1O. The van der Waals surface area contributed by atoms with Crippen molar-refractivity contribution in [2.24, 2.45) is 0 Å². The van der Waals surface area contributed by atoms with E-state index >= 15 is 0 Å². The van der Waals surface area contributed by atoms with Crippen molar-refractivity contribution >= 4 is 11.3 Å². The van der Waals surface area contributed by atoms with Crippen LogP contribution in [0.15, 0.2) is 17.5 Å². The quantitative estimate of drug-likeness (QED) is 0.510. The second-order valence-electron chi connectivity index (χ2n) is 5.46. The number of hydrogen-bond acceptors (Lipinski definition) is 7. The van der Waals surface area contributed by atoms with E-state index in [0.717, 1.165) is 25.7 Å². The second-order valence-corrected chi connectivity index (χ2v) is 6.49. The summed E-state index contributed by atoms with van der Waals surface area (Å²) in [5.74, 6) is 0. The van der Waals surface area contributed by atoms with Crippen molar-refractivity contribution in [2.45, 2.75) is 56.4 Å². The Labute approximate surface area is 133 Å². The van der Waals surface area contributed by atoms with Crippen LogP contribution < -0.4 is 0 Å². The molecule has 1 aliphatic heterocycles. The van der Waals surface area contributed by atoms with E-state index in [4.69, 9.17) is 14.6 Å². The first-order valence-electron chi connectivity index (χ1n) is 7.58. The van der Waals surface area contributed by atoms with Crippen LogP contribution in [0.3, 0.4) is 0 Å². The van der Waals surface area contributed by atoms with Gasteiger partial charge >= 0.3 is 0 Å². The number of ether oxygens (including phenoxy) is 2. The summed E-state index contributed by atoms with van der Waals surface area (Å²) in [5, 5.41) is 40.3. The lowest BCUT2D eigenvalue weighted by atomic mass is 9.99. The van der Waals surface area contributed by atoms with Gasteiger partial charge in [0.1, 0.15) is 24.4 Å². The standard InChI is InChI=1S/C15H24O6S/c16-9-11-12(17)13(18)14(19)15(21-11)20-7-3-1-2-5-10-6-4-8-22-10/h4,6,8,11-19H,1-3,5,7,9H2/t11-,12+,13+,14-,15+/m1/s1. The van der Waals surface area contributed by atoms with Gasteiger partial charge < -0.3 is 29.9 Å². The van der Waals surface area contributed by atoms with Gasteiger partial charge in [-0.1, -0.05) is 12.5 Å². The number of unbranched alkanes of at least 4 members (excludes halogenated alkanes) is 2. The lowest BCUT2D eigenvalue weighted by Crippen LogP contribution is -2.59. The van der Waals surface area contributed by atoms with E-state index in [2.05, 4.69) is 11.4 Å². The Morgan fingerprint density at radius 3 is 2.59 bits per heavy atom. The third-order valence-corrected chi connectivity index (χ3v) is 4.71. The Balaban J connectivity index is 1.63. The lowest BCUT2D eigenvalue weighted by molar-refractivity contribution is -0.301. The summed E-state index contributed by atoms with van der Waals surface area (Å²) in [7, 11) is 0. The molecule has 1 aromatic heterocycles. The van der Waals surface area contributed by atoms with E-state index < -0.39 is 37.3 Å². The van der Waals surface area contributed by atoms with Gasteiger partial charge in [-0.15, -0.1) is 11.3 Å². The zero-order valence-electron chi connectivity index (χ0n) is 12.4. The number of thiophene rings is 1. The molecule has 0 saturated carbocycles. The molecule has 1 saturated heterocycles. The number of rotatable bonds is 8. The van der Waals surface area contributed by atoms with Gasteiger partial charge in [0.25, 0.3) is 0 Å². The molecule has 6 nitrogen and oxygen atoms in total. The molecule has 0 amide bonds. The van der Waals surface area contributed by atoms with Gasteiger partial charge in [-0.25, -0.2) is 0 Å². The van der Waals surface area contributed by atoms with Gasteiger partial charge in [0.2, 0.25) is 0 Å². The van der Waals surface area contributed by atoms with E-state index in [9.17, 15) is 15.3 Å². The first kappa shape index (κ1) is 17.8. The van der Waals surface area contributed by atoms with Gasteiger partial charge in [-0.2, -0.15) is 0 Å². The largest absolute Gasteiger partial charge is 0.394 e. The van der Waals surface area contributed by atoms with Crippen molar-refractivity contribution in [3.63, 3.8) is 0 Å². The van der Waals surface area contributed by atoms with Crippen LogP contribution in [-0.2, 0) is 15.9 Å². The maximum Gasteiger partial charge on any atom is 0.186 e. The molecule has 2 rings (SSSR count). The Kier molecular flexibility index (Phi) is 7.23. The van der Waals surface area contributed by atoms with Gasteiger partial charge in [0.15, 0.2) is 6.29 Å². The topological polar surface area (TPSA) is 99.4 Å². The minimum Gasteiger partial charge on any atom is -0.394 e. The van der Waals surface area contributed by atoms with Crippen molar-refractivity contribution in [2.75, 3.05) is 13.2 Å². The second kappa shape index (κ2) is 8.93. The maximum atomic E-state index is 9.81. The molecule has 2 heterocycles. The number of aliphatic hydroxyl groups is 4. The van der Waals surface area contributed by atoms with Crippen LogP contribution in [0.25, 0.3) is 0 Å². The van der Waals surface area contributed by atoms with Crippen molar-refractivity contribution < 1.29 is 29.9 Å². The van der Waals surface area contributed by atoms with Gasteiger partial charge in [0, 0.05) is 11.5 Å². The smallest absolute Gasteiger partial charge is 0.186 e. The predicted octanol–water partition coefficient (Wildman–Crippen LogP) is 0.277. The molecule has 0 unspecified atom stereocenters. The molecule has 22 heavy (non-hydrogen) atoms. The minimum atomic E-state index is -1.38. The Morgan fingerprint density at radius 1 is 1.09 bits per heavy atom. The highest BCUT2D eigenvalue weighted by atomic mass is 32.1. The number of hydrogen-bond donors (Lipinski definition) is 4. The van der Waals surface area contributed by atoms with E-state index in [1.807, 2.05) is 6.07 Å². The average Bonchev–Trinajstić information content (AvgIpc) is 3.03. The summed E-state index contributed by atoms with van der Waals surface area (Å²) in [6.07, 6.45) is -2.04. The molecule has 0 radical (unpaired) electrons. The monoisotopic (exact) mass is 332 g/mol. The minimum absolute atomic E-state index is 0.396. The Hall–Kier alpha value is -0.540. The van der Waals surface area contributed by atoms with E-state index in [1.165, 1.54) is 4.88 Å². The van der Waals surface area contributed by atoms with E-state index in [-0.39, 0.29) is 0 Å². The van der Waals surface area contributed by atoms with Crippen LogP contribution in [0.2, 0.25) is 0 Å². The van der Waals surface area contributed by atoms with Crippen LogP contribution in [0, 0.1) is 0 Å². The summed E-state index contributed by atoms with van der Waals surface area (Å²) < 4.78 is 10.7. The van der Waals surface area contributed by atoms with Crippen LogP contribution >= 0.6 is 11.3 Å². The molecule has 1 aliphatic rings. The molecule has 5 atom stereocenters. The van der Waals surface area contributed by atoms with Gasteiger partial charge in [-0.3, -0.25) is 0 Å². The zero-order valence-corrected chi connectivity index (χ0v) is 13.2. The molecule has 1 fully saturated rings. The van der Waals surface area contributed by atoms with Gasteiger partial charge in [0.05, 0.1) is 6.61 Å². The predicted molar refractivity (Wildman–Crippen MR) is 81.6 cm³/mol. The zero-order chi connectivity index (χ0) is 15.9. The van der Waals surface area contributed by atoms with Crippen LogP contribution in [-0.4, -0.2) is 64.3 Å². The Bertz CT molecular complexity index is 410. The number of aryl methyl sites for hydroxylation is 1. The third kappa shape index (κ3) is 4.73. The van der Waals surface area contributed by atoms with Crippen LogP contribution in [0.4, 0.5) is 0 Å². The normalized spacial score (nSPS) is 32.3. The molecule has 1 aromatic rings. The first-order valence-corrected chi connectivity index (χ1v) is 8.46. The fourth-order valence-corrected chi connectivity index (χ4v) is 3.19. The summed E-state index contributed by atoms with van der Waals surface area (Å²) in [5.41, 5.74) is 0. The average molecular weight is 332 g/mol. The molecular weight excluding hydrogens is 308 g/mol. The fourth-order valence-electron chi connectivity index (χ4n) is 2.44. The fraction of sp³-hybridized carbons (Fsp3) is 0.733. The molecule has 0 aliphatic carbocycles. The van der Waals surface area contributed by atoms with E-state index in [1.54, 1.807) is 11.3 Å². The molecular formula is C15H24O6S. The molecule has 4 N–H and O–H groups in total. The van der Waals surface area contributed by atoms with Crippen molar-refractivity contribution in [1.82, 2.24) is 0 Å². The highest BCUT2D eigenvalue weighted by Crippen LogP contribution is 2.22. The van der Waals surface area contributed by atoms with Gasteiger partial charge in [-0.05, 0) is 30.7 Å². The molecule has 0 bridgehead atoms. The summed E-state index contributed by atoms with van der Waals surface area (Å²) in [6.45, 7) is -0.0429. The lowest BCUT2D eigenvalue weighted by Gasteiger charge is -2.39. The van der Waals surface area contributed by atoms with Crippen molar-refractivity contribution in [1.29, 1.82) is 0 Å². The first-order chi connectivity index (χ1) is 10.6. The summed E-state index contributed by atoms with van der Waals surface area (Å²) in [6, 6.07) is 4.16. The molecule has 126 valence electrons. The van der Waals surface area contributed by atoms with Crippen LogP contribution in [0.1, 0.15) is 24.1 Å². The molecule has 0 spiro atoms. The van der Waals surface area contributed by atoms with Crippen molar-refractivity contribution in [3.8, 4) is 0 Å². The highest BCUT2D eigenvalue weighted by Gasteiger charge is 2.43. The highest BCUT2D eigenvalue weighted by molar-refractivity contribution is 7.09. The maximum absolute atomic E-state index is 9.81. The van der Waals surface area contributed by atoms with Crippen LogP contribution in [0.5, 0.6) is 0 Å². The summed E-state index contributed by atoms with van der Waals surface area (Å²) >= 11 is 1.75. The Morgan fingerprint density at radius 2 is 1.91 bits per heavy atom.